The van der Waals surface area contributed by atoms with E-state index in [4.69, 9.17) is 5.84 Å². The summed E-state index contributed by atoms with van der Waals surface area (Å²) in [7, 11) is 1.76. The predicted octanol–water partition coefficient (Wildman–Crippen LogP) is 1.60. The van der Waals surface area contributed by atoms with Crippen LogP contribution in [0.15, 0.2) is 24.3 Å². The van der Waals surface area contributed by atoms with Gasteiger partial charge in [0.25, 0.3) is 0 Å². The molecule has 0 atom stereocenters. The summed E-state index contributed by atoms with van der Waals surface area (Å²) in [6.07, 6.45) is 0.652. The fourth-order valence-electron chi connectivity index (χ4n) is 0.998. The molecule has 13 heavy (non-hydrogen) atoms. The fourth-order valence-corrected chi connectivity index (χ4v) is 0.998. The lowest BCUT2D eigenvalue weighted by atomic mass is 10.1. The van der Waals surface area contributed by atoms with Gasteiger partial charge in [-0.1, -0.05) is 18.2 Å². The average Bonchev–Trinajstić information content (AvgIpc) is 2.03. The zero-order valence-corrected chi connectivity index (χ0v) is 8.35. The molecule has 0 aliphatic heterocycles. The number of nitrogens with zero attached hydrogens (tertiary/aromatic N) is 1. The van der Waals surface area contributed by atoms with E-state index in [0.29, 0.717) is 13.0 Å². The molecule has 0 aromatic heterocycles. The van der Waals surface area contributed by atoms with Gasteiger partial charge in [-0.15, -0.1) is 12.4 Å². The van der Waals surface area contributed by atoms with Crippen LogP contribution in [0.4, 0.5) is 4.39 Å². The Balaban J connectivity index is 0.00000144. The highest BCUT2D eigenvalue weighted by Gasteiger charge is 2.00. The Bertz CT molecular complexity index is 253. The molecule has 2 nitrogen and oxygen atoms in total. The van der Waals surface area contributed by atoms with Crippen LogP contribution in [0.2, 0.25) is 0 Å². The first-order chi connectivity index (χ1) is 5.70. The highest BCUT2D eigenvalue weighted by atomic mass is 35.5. The van der Waals surface area contributed by atoms with Crippen molar-refractivity contribution in [3.8, 4) is 0 Å². The van der Waals surface area contributed by atoms with Crippen LogP contribution in [-0.2, 0) is 6.42 Å². The van der Waals surface area contributed by atoms with Crippen LogP contribution in [0, 0.1) is 5.82 Å². The molecule has 0 bridgehead atoms. The molecule has 0 radical (unpaired) electrons. The van der Waals surface area contributed by atoms with Gasteiger partial charge in [0.05, 0.1) is 0 Å². The quantitative estimate of drug-likeness (QED) is 0.599. The average molecular weight is 205 g/mol. The van der Waals surface area contributed by atoms with Crippen LogP contribution in [0.1, 0.15) is 5.56 Å². The van der Waals surface area contributed by atoms with Crippen molar-refractivity contribution in [2.75, 3.05) is 13.6 Å². The normalized spacial score (nSPS) is 9.85. The molecular weight excluding hydrogens is 191 g/mol. The topological polar surface area (TPSA) is 29.3 Å². The molecule has 0 amide bonds. The number of rotatable bonds is 3. The molecule has 0 saturated heterocycles. The van der Waals surface area contributed by atoms with Gasteiger partial charge in [-0.2, -0.15) is 0 Å². The maximum atomic E-state index is 13.0. The molecule has 0 fully saturated rings. The van der Waals surface area contributed by atoms with Gasteiger partial charge < -0.3 is 0 Å². The molecule has 1 aromatic rings. The molecule has 74 valence electrons. The molecule has 4 heteroatoms. The molecule has 0 aliphatic rings. The molecule has 0 spiro atoms. The summed E-state index contributed by atoms with van der Waals surface area (Å²) in [5.41, 5.74) is 0.717. The van der Waals surface area contributed by atoms with Crippen molar-refractivity contribution in [1.82, 2.24) is 5.01 Å². The first-order valence-electron chi connectivity index (χ1n) is 3.89. The molecule has 0 aliphatic carbocycles. The summed E-state index contributed by atoms with van der Waals surface area (Å²) in [5.74, 6) is 5.25. The number of hydrogen-bond donors (Lipinski definition) is 1. The van der Waals surface area contributed by atoms with Gasteiger partial charge in [0, 0.05) is 13.6 Å². The number of hydrazine groups is 1. The second-order valence-corrected chi connectivity index (χ2v) is 2.82. The van der Waals surface area contributed by atoms with Crippen molar-refractivity contribution in [2.45, 2.75) is 6.42 Å². The van der Waals surface area contributed by atoms with Crippen molar-refractivity contribution in [3.63, 3.8) is 0 Å². The van der Waals surface area contributed by atoms with E-state index in [1.54, 1.807) is 24.2 Å². The minimum absolute atomic E-state index is 0. The Morgan fingerprint density at radius 3 is 2.54 bits per heavy atom. The van der Waals surface area contributed by atoms with Gasteiger partial charge in [-0.25, -0.2) is 9.40 Å². The standard InChI is InChI=1S/C9H13FN2.ClH/c1-12(11)7-6-8-4-2-3-5-9(8)10;/h2-5H,6-7,11H2,1H3;1H. The molecule has 0 unspecified atom stereocenters. The van der Waals surface area contributed by atoms with E-state index in [1.807, 2.05) is 6.07 Å². The van der Waals surface area contributed by atoms with Crippen molar-refractivity contribution in [2.24, 2.45) is 5.84 Å². The maximum Gasteiger partial charge on any atom is 0.126 e. The molecule has 1 aromatic carbocycles. The lowest BCUT2D eigenvalue weighted by Gasteiger charge is -2.08. The van der Waals surface area contributed by atoms with Crippen molar-refractivity contribution in [1.29, 1.82) is 0 Å². The SMILES string of the molecule is CN(N)CCc1ccccc1F.Cl. The van der Waals surface area contributed by atoms with E-state index < -0.39 is 0 Å². The number of hydrogen-bond acceptors (Lipinski definition) is 2. The third-order valence-electron chi connectivity index (χ3n) is 1.69. The summed E-state index contributed by atoms with van der Waals surface area (Å²) < 4.78 is 13.0. The Morgan fingerprint density at radius 1 is 1.38 bits per heavy atom. The first-order valence-corrected chi connectivity index (χ1v) is 3.89. The van der Waals surface area contributed by atoms with Crippen molar-refractivity contribution in [3.05, 3.63) is 35.6 Å². The molecule has 1 rings (SSSR count). The summed E-state index contributed by atoms with van der Waals surface area (Å²) in [4.78, 5) is 0. The van der Waals surface area contributed by atoms with Gasteiger partial charge in [-0.05, 0) is 18.1 Å². The van der Waals surface area contributed by atoms with Crippen LogP contribution in [0.5, 0.6) is 0 Å². The van der Waals surface area contributed by atoms with Crippen LogP contribution < -0.4 is 5.84 Å². The van der Waals surface area contributed by atoms with Crippen LogP contribution in [0.3, 0.4) is 0 Å². The van der Waals surface area contributed by atoms with Crippen molar-refractivity contribution >= 4 is 12.4 Å². The Kier molecular flexibility index (Phi) is 5.62. The molecular formula is C9H14ClFN2. The Labute approximate surface area is 83.9 Å². The number of likely N-dealkylation sites (N-methyl/N-ethyl adjacent to an activating group) is 1. The highest BCUT2D eigenvalue weighted by molar-refractivity contribution is 5.85. The highest BCUT2D eigenvalue weighted by Crippen LogP contribution is 2.06. The van der Waals surface area contributed by atoms with E-state index in [1.165, 1.54) is 6.07 Å². The van der Waals surface area contributed by atoms with Crippen molar-refractivity contribution < 1.29 is 4.39 Å². The van der Waals surface area contributed by atoms with E-state index in [9.17, 15) is 4.39 Å². The van der Waals surface area contributed by atoms with E-state index >= 15 is 0 Å². The molecule has 2 N–H and O–H groups in total. The minimum atomic E-state index is -0.153. The lowest BCUT2D eigenvalue weighted by molar-refractivity contribution is 0.352. The van der Waals surface area contributed by atoms with Crippen LogP contribution in [-0.4, -0.2) is 18.6 Å². The van der Waals surface area contributed by atoms with E-state index in [2.05, 4.69) is 0 Å². The van der Waals surface area contributed by atoms with E-state index in [0.717, 1.165) is 5.56 Å². The third-order valence-corrected chi connectivity index (χ3v) is 1.69. The second-order valence-electron chi connectivity index (χ2n) is 2.82. The van der Waals surface area contributed by atoms with Gasteiger partial charge in [0.2, 0.25) is 0 Å². The van der Waals surface area contributed by atoms with Crippen LogP contribution in [0.25, 0.3) is 0 Å². The molecule has 0 heterocycles. The second kappa shape index (κ2) is 5.91. The largest absolute Gasteiger partial charge is 0.269 e. The first kappa shape index (κ1) is 12.4. The summed E-state index contributed by atoms with van der Waals surface area (Å²) in [5, 5.41) is 1.55. The maximum absolute atomic E-state index is 13.0. The number of nitrogens with two attached hydrogens (primary N) is 1. The summed E-state index contributed by atoms with van der Waals surface area (Å²) in [6.45, 7) is 0.668. The monoisotopic (exact) mass is 204 g/mol. The summed E-state index contributed by atoms with van der Waals surface area (Å²) in [6, 6.07) is 6.75. The van der Waals surface area contributed by atoms with Gasteiger partial charge in [0.1, 0.15) is 5.82 Å². The third kappa shape index (κ3) is 4.22. The van der Waals surface area contributed by atoms with Gasteiger partial charge in [-0.3, -0.25) is 5.84 Å². The zero-order valence-electron chi connectivity index (χ0n) is 7.53. The Hall–Kier alpha value is -0.640. The Morgan fingerprint density at radius 2 is 2.00 bits per heavy atom. The van der Waals surface area contributed by atoms with Gasteiger partial charge in [0.15, 0.2) is 0 Å². The minimum Gasteiger partial charge on any atom is -0.269 e. The predicted molar refractivity (Wildman–Crippen MR) is 54.2 cm³/mol. The van der Waals surface area contributed by atoms with E-state index in [-0.39, 0.29) is 18.2 Å². The van der Waals surface area contributed by atoms with Crippen LogP contribution >= 0.6 is 12.4 Å². The fraction of sp³-hybridized carbons (Fsp3) is 0.333. The zero-order chi connectivity index (χ0) is 8.97. The lowest BCUT2D eigenvalue weighted by Crippen LogP contribution is -2.28. The number of benzene rings is 1. The number of halogens is 2. The smallest absolute Gasteiger partial charge is 0.126 e. The van der Waals surface area contributed by atoms with Gasteiger partial charge >= 0.3 is 0 Å². The summed E-state index contributed by atoms with van der Waals surface area (Å²) >= 11 is 0. The molecule has 0 saturated carbocycles.